The van der Waals surface area contributed by atoms with E-state index in [-0.39, 0.29) is 30.4 Å². The number of rotatable bonds is 5. The second-order valence-corrected chi connectivity index (χ2v) is 6.63. The Bertz CT molecular complexity index is 794. The highest BCUT2D eigenvalue weighted by molar-refractivity contribution is 5.94. The molecule has 2 amide bonds. The molecule has 2 unspecified atom stereocenters. The van der Waals surface area contributed by atoms with E-state index in [2.05, 4.69) is 5.32 Å². The zero-order valence-electron chi connectivity index (χ0n) is 15.7. The summed E-state index contributed by atoms with van der Waals surface area (Å²) in [7, 11) is 0. The molecule has 1 heterocycles. The standard InChI is InChI=1S/C21H24N2O5/c1-15(16-5-3-2-4-6-16)28-21(26)23-11-12-27-19(14-23)13-22-20(25)17-7-9-18(24)10-8-17/h2-10,15,19,24H,11-14H2,1H3,(H,22,25). The number of carbonyl (C=O) groups is 2. The number of nitrogens with one attached hydrogen (secondary N) is 1. The molecule has 0 aliphatic carbocycles. The Morgan fingerprint density at radius 1 is 1.21 bits per heavy atom. The molecule has 0 aromatic heterocycles. The first kappa shape index (κ1) is 19.7. The molecule has 2 aromatic carbocycles. The highest BCUT2D eigenvalue weighted by atomic mass is 16.6. The number of amides is 2. The van der Waals surface area contributed by atoms with Gasteiger partial charge in [-0.2, -0.15) is 0 Å². The third-order valence-corrected chi connectivity index (χ3v) is 4.56. The average molecular weight is 384 g/mol. The van der Waals surface area contributed by atoms with Crippen molar-refractivity contribution in [3.63, 3.8) is 0 Å². The van der Waals surface area contributed by atoms with Gasteiger partial charge in [0.2, 0.25) is 0 Å². The number of benzene rings is 2. The Labute approximate surface area is 163 Å². The summed E-state index contributed by atoms with van der Waals surface area (Å²) < 4.78 is 11.2. The van der Waals surface area contributed by atoms with Gasteiger partial charge in [0, 0.05) is 18.7 Å². The maximum Gasteiger partial charge on any atom is 0.410 e. The number of nitrogens with zero attached hydrogens (tertiary/aromatic N) is 1. The van der Waals surface area contributed by atoms with Crippen LogP contribution in [0.1, 0.15) is 28.9 Å². The number of hydrogen-bond acceptors (Lipinski definition) is 5. The predicted molar refractivity (Wildman–Crippen MR) is 103 cm³/mol. The van der Waals surface area contributed by atoms with Gasteiger partial charge < -0.3 is 24.8 Å². The predicted octanol–water partition coefficient (Wildman–Crippen LogP) is 2.72. The average Bonchev–Trinajstić information content (AvgIpc) is 2.73. The molecular formula is C21H24N2O5. The summed E-state index contributed by atoms with van der Waals surface area (Å²) >= 11 is 0. The van der Waals surface area contributed by atoms with Crippen LogP contribution in [0.25, 0.3) is 0 Å². The zero-order valence-corrected chi connectivity index (χ0v) is 15.7. The Kier molecular flexibility index (Phi) is 6.49. The SMILES string of the molecule is CC(OC(=O)N1CCOC(CNC(=O)c2ccc(O)cc2)C1)c1ccccc1. The van der Waals surface area contributed by atoms with E-state index >= 15 is 0 Å². The van der Waals surface area contributed by atoms with Crippen LogP contribution >= 0.6 is 0 Å². The normalized spacial score (nSPS) is 17.6. The third kappa shape index (κ3) is 5.23. The summed E-state index contributed by atoms with van der Waals surface area (Å²) in [5.74, 6) is -0.160. The van der Waals surface area contributed by atoms with E-state index in [1.807, 2.05) is 37.3 Å². The van der Waals surface area contributed by atoms with E-state index in [0.29, 0.717) is 25.3 Å². The van der Waals surface area contributed by atoms with Gasteiger partial charge in [0.25, 0.3) is 5.91 Å². The van der Waals surface area contributed by atoms with Crippen molar-refractivity contribution >= 4 is 12.0 Å². The van der Waals surface area contributed by atoms with Crippen LogP contribution in [0.4, 0.5) is 4.79 Å². The zero-order chi connectivity index (χ0) is 19.9. The van der Waals surface area contributed by atoms with E-state index in [1.165, 1.54) is 12.1 Å². The summed E-state index contributed by atoms with van der Waals surface area (Å²) in [6.07, 6.45) is -1.05. The van der Waals surface area contributed by atoms with Crippen LogP contribution in [0, 0.1) is 0 Å². The molecular weight excluding hydrogens is 360 g/mol. The molecule has 2 N–H and O–H groups in total. The van der Waals surface area contributed by atoms with Crippen molar-refractivity contribution < 1.29 is 24.2 Å². The maximum absolute atomic E-state index is 12.5. The van der Waals surface area contributed by atoms with Crippen molar-refractivity contribution in [3.05, 3.63) is 65.7 Å². The summed E-state index contributed by atoms with van der Waals surface area (Å²) in [5.41, 5.74) is 1.38. The lowest BCUT2D eigenvalue weighted by atomic mass is 10.1. The highest BCUT2D eigenvalue weighted by Crippen LogP contribution is 2.18. The molecule has 1 saturated heterocycles. The molecule has 0 radical (unpaired) electrons. The van der Waals surface area contributed by atoms with Gasteiger partial charge in [0.15, 0.2) is 0 Å². The molecule has 0 spiro atoms. The molecule has 0 saturated carbocycles. The van der Waals surface area contributed by atoms with Gasteiger partial charge >= 0.3 is 6.09 Å². The van der Waals surface area contributed by atoms with E-state index < -0.39 is 6.09 Å². The largest absolute Gasteiger partial charge is 0.508 e. The van der Waals surface area contributed by atoms with E-state index in [4.69, 9.17) is 9.47 Å². The minimum Gasteiger partial charge on any atom is -0.508 e. The van der Waals surface area contributed by atoms with Crippen molar-refractivity contribution in [1.82, 2.24) is 10.2 Å². The second-order valence-electron chi connectivity index (χ2n) is 6.63. The first-order valence-corrected chi connectivity index (χ1v) is 9.22. The van der Waals surface area contributed by atoms with Crippen LogP contribution in [0.15, 0.2) is 54.6 Å². The molecule has 7 heteroatoms. The van der Waals surface area contributed by atoms with Gasteiger partial charge in [-0.3, -0.25) is 4.79 Å². The Morgan fingerprint density at radius 2 is 1.93 bits per heavy atom. The van der Waals surface area contributed by atoms with Crippen molar-refractivity contribution in [2.75, 3.05) is 26.2 Å². The van der Waals surface area contributed by atoms with E-state index in [1.54, 1.807) is 17.0 Å². The van der Waals surface area contributed by atoms with Crippen molar-refractivity contribution in [2.24, 2.45) is 0 Å². The minimum atomic E-state index is -0.394. The van der Waals surface area contributed by atoms with E-state index in [0.717, 1.165) is 5.56 Å². The molecule has 1 aliphatic rings. The Morgan fingerprint density at radius 3 is 2.64 bits per heavy atom. The first-order chi connectivity index (χ1) is 13.5. The number of ether oxygens (including phenoxy) is 2. The molecule has 1 fully saturated rings. The molecule has 1 aliphatic heterocycles. The Balaban J connectivity index is 1.48. The highest BCUT2D eigenvalue weighted by Gasteiger charge is 2.27. The fourth-order valence-electron chi connectivity index (χ4n) is 2.95. The summed E-state index contributed by atoms with van der Waals surface area (Å²) in [6.45, 7) is 3.29. The van der Waals surface area contributed by atoms with Crippen LogP contribution in [0.2, 0.25) is 0 Å². The molecule has 28 heavy (non-hydrogen) atoms. The lowest BCUT2D eigenvalue weighted by Crippen LogP contribution is -2.49. The van der Waals surface area contributed by atoms with Gasteiger partial charge in [-0.05, 0) is 36.8 Å². The summed E-state index contributed by atoms with van der Waals surface area (Å²) in [5, 5.41) is 12.1. The molecule has 7 nitrogen and oxygen atoms in total. The molecule has 2 atom stereocenters. The van der Waals surface area contributed by atoms with Crippen LogP contribution in [-0.2, 0) is 9.47 Å². The molecule has 2 aromatic rings. The molecule has 3 rings (SSSR count). The fraction of sp³-hybridized carbons (Fsp3) is 0.333. The number of phenols is 1. The molecule has 148 valence electrons. The van der Waals surface area contributed by atoms with Gasteiger partial charge in [0.05, 0.1) is 19.3 Å². The number of aromatic hydroxyl groups is 1. The quantitative estimate of drug-likeness (QED) is 0.828. The smallest absolute Gasteiger partial charge is 0.410 e. The number of hydrogen-bond donors (Lipinski definition) is 2. The number of morpholine rings is 1. The van der Waals surface area contributed by atoms with E-state index in [9.17, 15) is 14.7 Å². The van der Waals surface area contributed by atoms with Crippen LogP contribution < -0.4 is 5.32 Å². The van der Waals surface area contributed by atoms with Gasteiger partial charge in [0.1, 0.15) is 11.9 Å². The van der Waals surface area contributed by atoms with Crippen molar-refractivity contribution in [3.8, 4) is 5.75 Å². The maximum atomic E-state index is 12.5. The van der Waals surface area contributed by atoms with Crippen LogP contribution in [0.5, 0.6) is 5.75 Å². The minimum absolute atomic E-state index is 0.103. The van der Waals surface area contributed by atoms with Crippen LogP contribution in [0.3, 0.4) is 0 Å². The van der Waals surface area contributed by atoms with Gasteiger partial charge in [-0.15, -0.1) is 0 Å². The second kappa shape index (κ2) is 9.23. The lowest BCUT2D eigenvalue weighted by Gasteiger charge is -2.33. The van der Waals surface area contributed by atoms with Gasteiger partial charge in [-0.1, -0.05) is 30.3 Å². The third-order valence-electron chi connectivity index (χ3n) is 4.56. The molecule has 0 bridgehead atoms. The lowest BCUT2D eigenvalue weighted by molar-refractivity contribution is -0.0306. The topological polar surface area (TPSA) is 88.1 Å². The number of carbonyl (C=O) groups excluding carboxylic acids is 2. The summed E-state index contributed by atoms with van der Waals surface area (Å²) in [6, 6.07) is 15.6. The van der Waals surface area contributed by atoms with Crippen LogP contribution in [-0.4, -0.2) is 54.4 Å². The monoisotopic (exact) mass is 384 g/mol. The van der Waals surface area contributed by atoms with Gasteiger partial charge in [-0.25, -0.2) is 4.79 Å². The van der Waals surface area contributed by atoms with Crippen molar-refractivity contribution in [1.29, 1.82) is 0 Å². The summed E-state index contributed by atoms with van der Waals surface area (Å²) in [4.78, 5) is 26.2. The van der Waals surface area contributed by atoms with Crippen molar-refractivity contribution in [2.45, 2.75) is 19.1 Å². The first-order valence-electron chi connectivity index (χ1n) is 9.22. The number of phenolic OH excluding ortho intramolecular Hbond substituents is 1. The fourth-order valence-corrected chi connectivity index (χ4v) is 2.95. The Hall–Kier alpha value is -3.06.